The molecule has 0 heterocycles. The summed E-state index contributed by atoms with van der Waals surface area (Å²) in [5.74, 6) is -1.96. The van der Waals surface area contributed by atoms with Gasteiger partial charge in [0.2, 0.25) is 11.7 Å². The highest BCUT2D eigenvalue weighted by Gasteiger charge is 2.56. The molecule has 5 nitrogen and oxygen atoms in total. The van der Waals surface area contributed by atoms with Crippen LogP contribution in [0.2, 0.25) is 0 Å². The monoisotopic (exact) mass is 292 g/mol. The number of amides is 1. The predicted molar refractivity (Wildman–Crippen MR) is 64.2 cm³/mol. The van der Waals surface area contributed by atoms with Crippen LogP contribution in [0, 0.1) is 21.8 Å². The molecule has 1 amide bonds. The number of carbonyl (C=O) groups excluding carboxylic acids is 1. The van der Waals surface area contributed by atoms with Gasteiger partial charge in [-0.2, -0.15) is 4.39 Å². The lowest BCUT2D eigenvalue weighted by molar-refractivity contribution is -0.387. The molecule has 1 fully saturated rings. The van der Waals surface area contributed by atoms with Gasteiger partial charge >= 0.3 is 5.69 Å². The molecular formula is C10H7Cl2FN2O3. The summed E-state index contributed by atoms with van der Waals surface area (Å²) in [5.41, 5.74) is -0.573. The maximum Gasteiger partial charge on any atom is 0.306 e. The number of rotatable bonds is 3. The van der Waals surface area contributed by atoms with Crippen molar-refractivity contribution >= 4 is 40.5 Å². The topological polar surface area (TPSA) is 72.2 Å². The molecule has 1 unspecified atom stereocenters. The van der Waals surface area contributed by atoms with Gasteiger partial charge in [-0.3, -0.25) is 14.9 Å². The van der Waals surface area contributed by atoms with E-state index in [1.54, 1.807) is 0 Å². The highest BCUT2D eigenvalue weighted by Crippen LogP contribution is 2.53. The van der Waals surface area contributed by atoms with Gasteiger partial charge in [0, 0.05) is 11.8 Å². The Bertz CT molecular complexity index is 536. The Morgan fingerprint density at radius 2 is 2.17 bits per heavy atom. The lowest BCUT2D eigenvalue weighted by Crippen LogP contribution is -2.17. The van der Waals surface area contributed by atoms with E-state index in [-0.39, 0.29) is 5.69 Å². The first-order valence-corrected chi connectivity index (χ1v) is 5.69. The number of benzene rings is 1. The van der Waals surface area contributed by atoms with E-state index < -0.39 is 32.6 Å². The molecule has 1 aliphatic carbocycles. The van der Waals surface area contributed by atoms with E-state index in [1.807, 2.05) is 0 Å². The second-order valence-electron chi connectivity index (χ2n) is 3.93. The van der Waals surface area contributed by atoms with Crippen LogP contribution in [0.1, 0.15) is 6.42 Å². The largest absolute Gasteiger partial charge is 0.325 e. The van der Waals surface area contributed by atoms with Gasteiger partial charge in [-0.25, -0.2) is 0 Å². The average molecular weight is 293 g/mol. The van der Waals surface area contributed by atoms with E-state index >= 15 is 0 Å². The summed E-state index contributed by atoms with van der Waals surface area (Å²) in [7, 11) is 0. The zero-order valence-electron chi connectivity index (χ0n) is 8.82. The molecule has 1 atom stereocenters. The van der Waals surface area contributed by atoms with Crippen LogP contribution in [-0.4, -0.2) is 15.2 Å². The summed E-state index contributed by atoms with van der Waals surface area (Å²) in [4.78, 5) is 21.3. The minimum atomic E-state index is -1.07. The van der Waals surface area contributed by atoms with Gasteiger partial charge in [-0.1, -0.05) is 0 Å². The van der Waals surface area contributed by atoms with Crippen LogP contribution in [0.3, 0.4) is 0 Å². The average Bonchev–Trinajstić information content (AvgIpc) is 2.90. The summed E-state index contributed by atoms with van der Waals surface area (Å²) in [6, 6.07) is 3.09. The number of halogens is 3. The molecule has 0 radical (unpaired) electrons. The molecule has 18 heavy (non-hydrogen) atoms. The number of nitro groups is 1. The predicted octanol–water partition coefficient (Wildman–Crippen LogP) is 2.87. The number of alkyl halides is 2. The summed E-state index contributed by atoms with van der Waals surface area (Å²) >= 11 is 11.4. The second kappa shape index (κ2) is 4.37. The summed E-state index contributed by atoms with van der Waals surface area (Å²) in [6.45, 7) is 0. The Hall–Kier alpha value is -1.40. The number of anilines is 1. The van der Waals surface area contributed by atoms with Crippen molar-refractivity contribution in [2.45, 2.75) is 10.8 Å². The minimum absolute atomic E-state index is 0.129. The van der Waals surface area contributed by atoms with Crippen molar-refractivity contribution in [3.8, 4) is 0 Å². The van der Waals surface area contributed by atoms with Crippen molar-refractivity contribution in [3.05, 3.63) is 34.1 Å². The molecule has 96 valence electrons. The Kier molecular flexibility index (Phi) is 3.16. The molecule has 0 aromatic heterocycles. The summed E-state index contributed by atoms with van der Waals surface area (Å²) in [5, 5.41) is 12.9. The Morgan fingerprint density at radius 1 is 1.56 bits per heavy atom. The fraction of sp³-hybridized carbons (Fsp3) is 0.300. The summed E-state index contributed by atoms with van der Waals surface area (Å²) < 4.78 is 12.0. The van der Waals surface area contributed by atoms with E-state index in [0.717, 1.165) is 12.1 Å². The molecule has 0 saturated heterocycles. The van der Waals surface area contributed by atoms with Crippen LogP contribution in [0.4, 0.5) is 15.8 Å². The molecule has 8 heteroatoms. The molecule has 0 spiro atoms. The second-order valence-corrected chi connectivity index (χ2v) is 5.47. The van der Waals surface area contributed by atoms with Gasteiger partial charge in [0.05, 0.1) is 10.8 Å². The molecule has 1 N–H and O–H groups in total. The van der Waals surface area contributed by atoms with E-state index in [1.165, 1.54) is 6.07 Å². The number of nitro benzene ring substituents is 1. The van der Waals surface area contributed by atoms with E-state index in [4.69, 9.17) is 23.2 Å². The van der Waals surface area contributed by atoms with Crippen LogP contribution in [0.25, 0.3) is 0 Å². The zero-order chi connectivity index (χ0) is 13.5. The molecular weight excluding hydrogens is 286 g/mol. The highest BCUT2D eigenvalue weighted by atomic mass is 35.5. The maximum absolute atomic E-state index is 13.1. The third-order valence-electron chi connectivity index (χ3n) is 2.55. The van der Waals surface area contributed by atoms with Crippen LogP contribution < -0.4 is 5.32 Å². The Morgan fingerprint density at radius 3 is 2.67 bits per heavy atom. The first-order valence-electron chi connectivity index (χ1n) is 4.94. The van der Waals surface area contributed by atoms with Gasteiger partial charge in [0.1, 0.15) is 4.33 Å². The van der Waals surface area contributed by atoms with Crippen LogP contribution in [0.15, 0.2) is 18.2 Å². The first kappa shape index (κ1) is 13.0. The Labute approximate surface area is 111 Å². The lowest BCUT2D eigenvalue weighted by Gasteiger charge is -2.05. The number of hydrogen-bond donors (Lipinski definition) is 1. The van der Waals surface area contributed by atoms with Crippen LogP contribution >= 0.6 is 23.2 Å². The summed E-state index contributed by atoms with van der Waals surface area (Å²) in [6.07, 6.45) is 0.325. The minimum Gasteiger partial charge on any atom is -0.325 e. The SMILES string of the molecule is O=C(Nc1ccc(F)c([N+](=O)[O-])c1)C1CC1(Cl)Cl. The molecule has 1 aliphatic rings. The third kappa shape index (κ3) is 2.54. The fourth-order valence-electron chi connectivity index (χ4n) is 1.46. The van der Waals surface area contributed by atoms with E-state index in [0.29, 0.717) is 6.42 Å². The first-order chi connectivity index (χ1) is 8.31. The maximum atomic E-state index is 13.1. The quantitative estimate of drug-likeness (QED) is 0.529. The van der Waals surface area contributed by atoms with Crippen molar-refractivity contribution in [2.75, 3.05) is 5.32 Å². The lowest BCUT2D eigenvalue weighted by atomic mass is 10.2. The van der Waals surface area contributed by atoms with Crippen molar-refractivity contribution < 1.29 is 14.1 Å². The van der Waals surface area contributed by atoms with Crippen molar-refractivity contribution in [1.29, 1.82) is 0 Å². The highest BCUT2D eigenvalue weighted by molar-refractivity contribution is 6.52. The number of hydrogen-bond acceptors (Lipinski definition) is 3. The molecule has 1 aromatic rings. The number of nitrogens with zero attached hydrogens (tertiary/aromatic N) is 1. The molecule has 2 rings (SSSR count). The third-order valence-corrected chi connectivity index (χ3v) is 3.39. The van der Waals surface area contributed by atoms with E-state index in [2.05, 4.69) is 5.32 Å². The van der Waals surface area contributed by atoms with Crippen LogP contribution in [0.5, 0.6) is 0 Å². The molecule has 0 aliphatic heterocycles. The van der Waals surface area contributed by atoms with Gasteiger partial charge in [0.15, 0.2) is 0 Å². The fourth-order valence-corrected chi connectivity index (χ4v) is 1.96. The number of nitrogens with one attached hydrogen (secondary N) is 1. The van der Waals surface area contributed by atoms with Gasteiger partial charge in [0.25, 0.3) is 0 Å². The van der Waals surface area contributed by atoms with Crippen molar-refractivity contribution in [2.24, 2.45) is 5.92 Å². The number of carbonyl (C=O) groups is 1. The van der Waals surface area contributed by atoms with Gasteiger partial charge < -0.3 is 5.32 Å². The van der Waals surface area contributed by atoms with Gasteiger partial charge in [-0.05, 0) is 18.6 Å². The van der Waals surface area contributed by atoms with Gasteiger partial charge in [-0.15, -0.1) is 23.2 Å². The van der Waals surface area contributed by atoms with E-state index in [9.17, 15) is 19.3 Å². The molecule has 1 saturated carbocycles. The molecule has 1 aromatic carbocycles. The molecule has 0 bridgehead atoms. The zero-order valence-corrected chi connectivity index (χ0v) is 10.3. The van der Waals surface area contributed by atoms with Crippen molar-refractivity contribution in [1.82, 2.24) is 0 Å². The Balaban J connectivity index is 2.13. The standard InChI is InChI=1S/C10H7Cl2FN2O3/c11-10(12)4-6(10)9(16)14-5-1-2-7(13)8(3-5)15(17)18/h1-3,6H,4H2,(H,14,16). The smallest absolute Gasteiger partial charge is 0.306 e. The normalized spacial score (nSPS) is 20.3. The van der Waals surface area contributed by atoms with Crippen molar-refractivity contribution in [3.63, 3.8) is 0 Å². The van der Waals surface area contributed by atoms with Crippen LogP contribution in [-0.2, 0) is 4.79 Å².